The van der Waals surface area contributed by atoms with Gasteiger partial charge in [0.15, 0.2) is 0 Å². The first kappa shape index (κ1) is 13.4. The summed E-state index contributed by atoms with van der Waals surface area (Å²) in [7, 11) is 0. The Labute approximate surface area is 96.4 Å². The van der Waals surface area contributed by atoms with Gasteiger partial charge in [0.25, 0.3) is 0 Å². The highest BCUT2D eigenvalue weighted by molar-refractivity contribution is 5.69. The molecule has 16 heavy (non-hydrogen) atoms. The Hall–Kier alpha value is -0.690. The van der Waals surface area contributed by atoms with Gasteiger partial charge >= 0.3 is 5.97 Å². The van der Waals surface area contributed by atoms with Gasteiger partial charge in [0, 0.05) is 52.4 Å². The summed E-state index contributed by atoms with van der Waals surface area (Å²) < 4.78 is 0. The number of nitrogens with two attached hydrogens (primary N) is 1. The van der Waals surface area contributed by atoms with Gasteiger partial charge in [0.2, 0.25) is 0 Å². The maximum absolute atomic E-state index is 10.5. The van der Waals surface area contributed by atoms with E-state index in [0.717, 1.165) is 45.8 Å². The fourth-order valence-corrected chi connectivity index (χ4v) is 1.83. The maximum Gasteiger partial charge on any atom is 0.317 e. The molecule has 0 spiro atoms. The predicted molar refractivity (Wildman–Crippen MR) is 62.4 cm³/mol. The molecule has 0 aromatic rings. The van der Waals surface area contributed by atoms with Crippen LogP contribution in [-0.4, -0.2) is 79.8 Å². The van der Waals surface area contributed by atoms with Gasteiger partial charge in [0.05, 0.1) is 6.54 Å². The number of aliphatic carboxylic acids is 1. The summed E-state index contributed by atoms with van der Waals surface area (Å²) >= 11 is 0. The zero-order chi connectivity index (χ0) is 11.8. The second-order valence-corrected chi connectivity index (χ2v) is 4.05. The number of nitrogens with zero attached hydrogens (tertiary/aromatic N) is 2. The molecule has 0 atom stereocenters. The number of nitrogens with one attached hydrogen (secondary N) is 1. The summed E-state index contributed by atoms with van der Waals surface area (Å²) in [5.74, 6) is -0.738. The van der Waals surface area contributed by atoms with Gasteiger partial charge < -0.3 is 16.2 Å². The fraction of sp³-hybridized carbons (Fsp3) is 0.900. The van der Waals surface area contributed by atoms with Crippen LogP contribution >= 0.6 is 0 Å². The molecular formula is C10H22N4O2. The summed E-state index contributed by atoms with van der Waals surface area (Å²) in [5.41, 5.74) is 5.37. The lowest BCUT2D eigenvalue weighted by molar-refractivity contribution is -0.138. The second kappa shape index (κ2) is 7.56. The molecule has 94 valence electrons. The van der Waals surface area contributed by atoms with E-state index in [2.05, 4.69) is 10.2 Å². The maximum atomic E-state index is 10.5. The van der Waals surface area contributed by atoms with E-state index in [0.29, 0.717) is 6.54 Å². The van der Waals surface area contributed by atoms with Gasteiger partial charge in [-0.05, 0) is 0 Å². The topological polar surface area (TPSA) is 81.8 Å². The van der Waals surface area contributed by atoms with Crippen LogP contribution in [0.3, 0.4) is 0 Å². The molecule has 0 amide bonds. The van der Waals surface area contributed by atoms with E-state index in [-0.39, 0.29) is 6.54 Å². The molecule has 0 aromatic heterocycles. The van der Waals surface area contributed by atoms with Crippen molar-refractivity contribution in [1.29, 1.82) is 0 Å². The number of carboxylic acid groups (broad SMARTS) is 1. The molecule has 1 fully saturated rings. The van der Waals surface area contributed by atoms with E-state index in [1.165, 1.54) is 0 Å². The first-order valence-corrected chi connectivity index (χ1v) is 5.79. The number of piperazine rings is 1. The minimum atomic E-state index is -0.738. The van der Waals surface area contributed by atoms with Crippen LogP contribution in [0.4, 0.5) is 0 Å². The van der Waals surface area contributed by atoms with E-state index in [9.17, 15) is 4.79 Å². The highest BCUT2D eigenvalue weighted by atomic mass is 16.4. The van der Waals surface area contributed by atoms with Crippen molar-refractivity contribution in [3.63, 3.8) is 0 Å². The van der Waals surface area contributed by atoms with Crippen molar-refractivity contribution in [2.45, 2.75) is 0 Å². The molecule has 1 aliphatic heterocycles. The van der Waals surface area contributed by atoms with Gasteiger partial charge in [0.1, 0.15) is 0 Å². The fourth-order valence-electron chi connectivity index (χ4n) is 1.83. The minimum absolute atomic E-state index is 0.166. The number of hydrogen-bond donors (Lipinski definition) is 3. The molecule has 1 rings (SSSR count). The molecule has 0 aliphatic carbocycles. The van der Waals surface area contributed by atoms with Crippen molar-refractivity contribution in [2.75, 3.05) is 58.9 Å². The molecule has 0 aromatic carbocycles. The van der Waals surface area contributed by atoms with Crippen molar-refractivity contribution in [2.24, 2.45) is 5.73 Å². The zero-order valence-electron chi connectivity index (χ0n) is 9.69. The van der Waals surface area contributed by atoms with E-state index in [1.807, 2.05) is 4.90 Å². The van der Waals surface area contributed by atoms with Gasteiger partial charge in [-0.3, -0.25) is 14.6 Å². The number of hydrogen-bond acceptors (Lipinski definition) is 5. The molecule has 0 radical (unpaired) electrons. The third kappa shape index (κ3) is 5.41. The lowest BCUT2D eigenvalue weighted by atomic mass is 10.3. The quantitative estimate of drug-likeness (QED) is 0.449. The van der Waals surface area contributed by atoms with Gasteiger partial charge in [-0.1, -0.05) is 0 Å². The third-order valence-corrected chi connectivity index (χ3v) is 2.75. The van der Waals surface area contributed by atoms with Crippen LogP contribution in [0.25, 0.3) is 0 Å². The Bertz CT molecular complexity index is 205. The summed E-state index contributed by atoms with van der Waals surface area (Å²) in [6, 6.07) is 0. The number of carbonyl (C=O) groups is 1. The van der Waals surface area contributed by atoms with Crippen molar-refractivity contribution in [1.82, 2.24) is 15.1 Å². The van der Waals surface area contributed by atoms with Crippen LogP contribution in [0.2, 0.25) is 0 Å². The second-order valence-electron chi connectivity index (χ2n) is 4.05. The van der Waals surface area contributed by atoms with Crippen molar-refractivity contribution in [3.05, 3.63) is 0 Å². The first-order chi connectivity index (χ1) is 7.72. The van der Waals surface area contributed by atoms with Crippen LogP contribution < -0.4 is 11.1 Å². The first-order valence-electron chi connectivity index (χ1n) is 5.79. The minimum Gasteiger partial charge on any atom is -0.480 e. The predicted octanol–water partition coefficient (Wildman–Crippen LogP) is -1.76. The lowest BCUT2D eigenvalue weighted by Crippen LogP contribution is -2.49. The summed E-state index contributed by atoms with van der Waals surface area (Å²) in [5, 5.41) is 11.9. The van der Waals surface area contributed by atoms with Gasteiger partial charge in [-0.15, -0.1) is 0 Å². The van der Waals surface area contributed by atoms with E-state index in [4.69, 9.17) is 10.8 Å². The Morgan fingerprint density at radius 3 is 2.38 bits per heavy atom. The van der Waals surface area contributed by atoms with Crippen LogP contribution in [0, 0.1) is 0 Å². The number of rotatable bonds is 7. The van der Waals surface area contributed by atoms with Crippen LogP contribution in [0.5, 0.6) is 0 Å². The van der Waals surface area contributed by atoms with Gasteiger partial charge in [-0.25, -0.2) is 0 Å². The van der Waals surface area contributed by atoms with E-state index >= 15 is 0 Å². The molecular weight excluding hydrogens is 208 g/mol. The lowest BCUT2D eigenvalue weighted by Gasteiger charge is -2.33. The third-order valence-electron chi connectivity index (χ3n) is 2.75. The Kier molecular flexibility index (Phi) is 6.32. The zero-order valence-corrected chi connectivity index (χ0v) is 9.69. The molecule has 4 N–H and O–H groups in total. The Morgan fingerprint density at radius 1 is 1.19 bits per heavy atom. The van der Waals surface area contributed by atoms with Crippen LogP contribution in [0.15, 0.2) is 0 Å². The molecule has 0 bridgehead atoms. The standard InChI is InChI=1S/C10H22N4O2/c11-1-2-12-3-4-13-5-7-14(8-6-13)9-10(15)16/h12H,1-9,11H2,(H,15,16). The largest absolute Gasteiger partial charge is 0.480 e. The van der Waals surface area contributed by atoms with E-state index in [1.54, 1.807) is 0 Å². The van der Waals surface area contributed by atoms with Gasteiger partial charge in [-0.2, -0.15) is 0 Å². The molecule has 6 nitrogen and oxygen atoms in total. The normalized spacial score (nSPS) is 18.8. The average Bonchev–Trinajstić information content (AvgIpc) is 2.26. The molecule has 6 heteroatoms. The summed E-state index contributed by atoms with van der Waals surface area (Å²) in [6.07, 6.45) is 0. The number of carboxylic acids is 1. The Balaban J connectivity index is 2.05. The van der Waals surface area contributed by atoms with Crippen molar-refractivity contribution < 1.29 is 9.90 Å². The SMILES string of the molecule is NCCNCCN1CCN(CC(=O)O)CC1. The molecule has 1 heterocycles. The highest BCUT2D eigenvalue weighted by Gasteiger charge is 2.17. The van der Waals surface area contributed by atoms with Crippen molar-refractivity contribution in [3.8, 4) is 0 Å². The average molecular weight is 230 g/mol. The monoisotopic (exact) mass is 230 g/mol. The van der Waals surface area contributed by atoms with Crippen LogP contribution in [0.1, 0.15) is 0 Å². The molecule has 0 unspecified atom stereocenters. The van der Waals surface area contributed by atoms with Crippen LogP contribution in [-0.2, 0) is 4.79 Å². The van der Waals surface area contributed by atoms with E-state index < -0.39 is 5.97 Å². The highest BCUT2D eigenvalue weighted by Crippen LogP contribution is 2.00. The Morgan fingerprint density at radius 2 is 1.81 bits per heavy atom. The smallest absolute Gasteiger partial charge is 0.317 e. The molecule has 1 aliphatic rings. The molecule has 1 saturated heterocycles. The molecule has 0 saturated carbocycles. The summed E-state index contributed by atoms with van der Waals surface area (Å²) in [6.45, 7) is 7.28. The van der Waals surface area contributed by atoms with Crippen molar-refractivity contribution >= 4 is 5.97 Å². The summed E-state index contributed by atoms with van der Waals surface area (Å²) in [4.78, 5) is 14.8.